The van der Waals surface area contributed by atoms with Crippen LogP contribution in [-0.4, -0.2) is 48.5 Å². The second kappa shape index (κ2) is 4.97. The third-order valence-corrected chi connectivity index (χ3v) is 3.84. The lowest BCUT2D eigenvalue weighted by Crippen LogP contribution is -2.27. The molecule has 8 nitrogen and oxygen atoms in total. The third kappa shape index (κ3) is 1.84. The maximum atomic E-state index is 10.4. The quantitative estimate of drug-likeness (QED) is 0.704. The van der Waals surface area contributed by atoms with Gasteiger partial charge in [-0.15, -0.1) is 0 Å². The van der Waals surface area contributed by atoms with Crippen LogP contribution in [0.5, 0.6) is 0 Å². The molecule has 1 fully saturated rings. The van der Waals surface area contributed by atoms with Crippen LogP contribution in [0.3, 0.4) is 0 Å². The molecule has 1 aliphatic rings. The van der Waals surface area contributed by atoms with E-state index >= 15 is 0 Å². The second-order valence-electron chi connectivity index (χ2n) is 4.89. The van der Waals surface area contributed by atoms with Gasteiger partial charge in [0, 0.05) is 5.92 Å². The van der Waals surface area contributed by atoms with Crippen molar-refractivity contribution in [3.8, 4) is 0 Å². The van der Waals surface area contributed by atoms with Crippen molar-refractivity contribution in [2.24, 2.45) is 5.92 Å². The lowest BCUT2D eigenvalue weighted by atomic mass is 9.95. The zero-order valence-corrected chi connectivity index (χ0v) is 11.0. The number of aliphatic hydroxyl groups excluding tert-OH is 2. The van der Waals surface area contributed by atoms with Crippen molar-refractivity contribution >= 4 is 17.0 Å². The van der Waals surface area contributed by atoms with E-state index in [0.717, 1.165) is 0 Å². The van der Waals surface area contributed by atoms with Gasteiger partial charge in [0.1, 0.15) is 17.9 Å². The Labute approximate surface area is 115 Å². The van der Waals surface area contributed by atoms with Crippen LogP contribution in [0.2, 0.25) is 0 Å². The largest absolute Gasteiger partial charge is 0.394 e. The number of nitrogen functional groups attached to an aromatic ring is 1. The summed E-state index contributed by atoms with van der Waals surface area (Å²) in [5, 5.41) is 19.7. The average molecular weight is 279 g/mol. The van der Waals surface area contributed by atoms with Gasteiger partial charge >= 0.3 is 0 Å². The molecule has 0 spiro atoms. The molecule has 2 aromatic rings. The first-order valence-electron chi connectivity index (χ1n) is 6.54. The molecule has 108 valence electrons. The molecule has 0 radical (unpaired) electrons. The molecule has 3 heterocycles. The normalized spacial score (nSPS) is 30.1. The fraction of sp³-hybridized carbons (Fsp3) is 0.583. The van der Waals surface area contributed by atoms with E-state index in [4.69, 9.17) is 10.5 Å². The lowest BCUT2D eigenvalue weighted by molar-refractivity contribution is -0.0493. The summed E-state index contributed by atoms with van der Waals surface area (Å²) < 4.78 is 7.38. The minimum atomic E-state index is -0.731. The van der Waals surface area contributed by atoms with Gasteiger partial charge in [0.25, 0.3) is 0 Å². The Morgan fingerprint density at radius 3 is 2.85 bits per heavy atom. The predicted octanol–water partition coefficient (Wildman–Crippen LogP) is -0.315. The maximum Gasteiger partial charge on any atom is 0.167 e. The van der Waals surface area contributed by atoms with Gasteiger partial charge < -0.3 is 20.7 Å². The molecule has 0 aromatic carbocycles. The van der Waals surface area contributed by atoms with E-state index in [1.54, 1.807) is 4.57 Å². The Bertz CT molecular complexity index is 616. The number of hydrogen-bond donors (Lipinski definition) is 3. The molecule has 20 heavy (non-hydrogen) atoms. The van der Waals surface area contributed by atoms with E-state index in [1.165, 1.54) is 12.7 Å². The molecule has 3 rings (SSSR count). The Kier molecular flexibility index (Phi) is 3.28. The number of imidazole rings is 1. The fourth-order valence-corrected chi connectivity index (χ4v) is 2.76. The molecule has 0 amide bonds. The van der Waals surface area contributed by atoms with Gasteiger partial charge in [0.2, 0.25) is 0 Å². The number of ether oxygens (including phenoxy) is 1. The summed E-state index contributed by atoms with van der Waals surface area (Å²) in [4.78, 5) is 12.2. The molecule has 0 saturated carbocycles. The highest BCUT2D eigenvalue weighted by molar-refractivity contribution is 5.81. The number of hydrogen-bond acceptors (Lipinski definition) is 7. The summed E-state index contributed by atoms with van der Waals surface area (Å²) in [5.74, 6) is 0.161. The third-order valence-electron chi connectivity index (χ3n) is 3.84. The zero-order valence-electron chi connectivity index (χ0n) is 11.0. The van der Waals surface area contributed by atoms with Crippen LogP contribution in [0.1, 0.15) is 19.6 Å². The fourth-order valence-electron chi connectivity index (χ4n) is 2.76. The molecule has 1 aliphatic heterocycles. The first-order valence-corrected chi connectivity index (χ1v) is 6.54. The Morgan fingerprint density at radius 2 is 2.20 bits per heavy atom. The van der Waals surface area contributed by atoms with Crippen molar-refractivity contribution < 1.29 is 14.9 Å². The smallest absolute Gasteiger partial charge is 0.167 e. The van der Waals surface area contributed by atoms with Gasteiger partial charge in [0.05, 0.1) is 19.0 Å². The minimum Gasteiger partial charge on any atom is -0.394 e. The van der Waals surface area contributed by atoms with Crippen molar-refractivity contribution in [2.45, 2.75) is 31.8 Å². The molecule has 4 unspecified atom stereocenters. The van der Waals surface area contributed by atoms with Crippen LogP contribution in [0.4, 0.5) is 5.82 Å². The molecule has 4 atom stereocenters. The molecule has 4 N–H and O–H groups in total. The molecular formula is C12H17N5O3. The molecule has 2 aromatic heterocycles. The number of nitrogens with two attached hydrogens (primary N) is 1. The highest BCUT2D eigenvalue weighted by Crippen LogP contribution is 2.37. The number of aromatic nitrogens is 4. The van der Waals surface area contributed by atoms with Crippen molar-refractivity contribution in [3.05, 3.63) is 12.7 Å². The van der Waals surface area contributed by atoms with E-state index < -0.39 is 18.4 Å². The monoisotopic (exact) mass is 279 g/mol. The van der Waals surface area contributed by atoms with Gasteiger partial charge in [-0.3, -0.25) is 4.57 Å². The molecule has 8 heteroatoms. The van der Waals surface area contributed by atoms with E-state index in [9.17, 15) is 10.2 Å². The summed E-state index contributed by atoms with van der Waals surface area (Å²) >= 11 is 0. The number of anilines is 1. The number of rotatable bonds is 3. The highest BCUT2D eigenvalue weighted by Gasteiger charge is 2.43. The zero-order chi connectivity index (χ0) is 14.3. The first-order chi connectivity index (χ1) is 9.67. The van der Waals surface area contributed by atoms with Gasteiger partial charge in [-0.1, -0.05) is 6.92 Å². The van der Waals surface area contributed by atoms with E-state index in [1.807, 2.05) is 6.92 Å². The summed E-state index contributed by atoms with van der Waals surface area (Å²) in [6, 6.07) is 0. The number of nitrogens with zero attached hydrogens (tertiary/aromatic N) is 4. The van der Waals surface area contributed by atoms with E-state index in [0.29, 0.717) is 17.6 Å². The van der Waals surface area contributed by atoms with Crippen LogP contribution < -0.4 is 5.73 Å². The predicted molar refractivity (Wildman–Crippen MR) is 70.5 cm³/mol. The Hall–Kier alpha value is -1.77. The Balaban J connectivity index is 2.01. The molecule has 0 aliphatic carbocycles. The Morgan fingerprint density at radius 1 is 1.40 bits per heavy atom. The van der Waals surface area contributed by atoms with Crippen LogP contribution in [-0.2, 0) is 4.74 Å². The molecule has 0 bridgehead atoms. The van der Waals surface area contributed by atoms with Crippen molar-refractivity contribution in [3.63, 3.8) is 0 Å². The van der Waals surface area contributed by atoms with Gasteiger partial charge in [-0.25, -0.2) is 15.0 Å². The number of aliphatic hydroxyl groups is 2. The van der Waals surface area contributed by atoms with Crippen LogP contribution in [0.25, 0.3) is 11.2 Å². The summed E-state index contributed by atoms with van der Waals surface area (Å²) in [6.45, 7) is 1.82. The standard InChI is InChI=1S/C12H17N5O3/c1-2-6-7(3-18)20-12(9(6)19)17-5-16-8-10(13)14-4-15-11(8)17/h4-7,9,12,18-19H,2-3H2,1H3,(H2,13,14,15). The number of fused-ring (bicyclic) bond motifs is 1. The van der Waals surface area contributed by atoms with Crippen molar-refractivity contribution in [1.29, 1.82) is 0 Å². The second-order valence-corrected chi connectivity index (χ2v) is 4.89. The minimum absolute atomic E-state index is 0.123. The summed E-state index contributed by atoms with van der Waals surface area (Å²) in [5.41, 5.74) is 6.72. The van der Waals surface area contributed by atoms with Crippen molar-refractivity contribution in [2.75, 3.05) is 12.3 Å². The summed E-state index contributed by atoms with van der Waals surface area (Å²) in [6.07, 6.45) is 1.83. The van der Waals surface area contributed by atoms with Crippen LogP contribution >= 0.6 is 0 Å². The molecule has 1 saturated heterocycles. The van der Waals surface area contributed by atoms with Gasteiger partial charge in [-0.2, -0.15) is 0 Å². The SMILES string of the molecule is CCC1C(CO)OC(n2cnc3c(N)ncnc32)C1O. The first kappa shape index (κ1) is 13.2. The topological polar surface area (TPSA) is 119 Å². The van der Waals surface area contributed by atoms with E-state index in [2.05, 4.69) is 15.0 Å². The van der Waals surface area contributed by atoms with E-state index in [-0.39, 0.29) is 18.3 Å². The van der Waals surface area contributed by atoms with Crippen LogP contribution in [0, 0.1) is 5.92 Å². The van der Waals surface area contributed by atoms with Crippen molar-refractivity contribution in [1.82, 2.24) is 19.5 Å². The molecular weight excluding hydrogens is 262 g/mol. The highest BCUT2D eigenvalue weighted by atomic mass is 16.5. The van der Waals surface area contributed by atoms with Gasteiger partial charge in [0.15, 0.2) is 17.7 Å². The summed E-state index contributed by atoms with van der Waals surface area (Å²) in [7, 11) is 0. The van der Waals surface area contributed by atoms with Crippen LogP contribution in [0.15, 0.2) is 12.7 Å². The lowest BCUT2D eigenvalue weighted by Gasteiger charge is -2.17. The maximum absolute atomic E-state index is 10.4. The average Bonchev–Trinajstić information content (AvgIpc) is 3.00. The van der Waals surface area contributed by atoms with Gasteiger partial charge in [-0.05, 0) is 6.42 Å².